The number of piperazine rings is 1. The van der Waals surface area contributed by atoms with E-state index in [0.717, 1.165) is 55.4 Å². The van der Waals surface area contributed by atoms with Gasteiger partial charge in [-0.2, -0.15) is 4.99 Å². The molecule has 2 amide bonds. The number of hydrogen-bond donors (Lipinski definition) is 2. The molecule has 0 atom stereocenters. The Morgan fingerprint density at radius 1 is 0.944 bits per heavy atom. The number of hydrogen-bond acceptors (Lipinski definition) is 5. The number of carbonyl (C=O) groups excluding carboxylic acids is 1. The van der Waals surface area contributed by atoms with E-state index in [4.69, 9.17) is 0 Å². The summed E-state index contributed by atoms with van der Waals surface area (Å²) < 4.78 is 0. The van der Waals surface area contributed by atoms with Gasteiger partial charge in [-0.15, -0.1) is 0 Å². The van der Waals surface area contributed by atoms with E-state index in [9.17, 15) is 4.79 Å². The highest BCUT2D eigenvalue weighted by atomic mass is 16.2. The van der Waals surface area contributed by atoms with E-state index >= 15 is 0 Å². The predicted octanol–water partition coefficient (Wildman–Crippen LogP) is 4.54. The number of anilines is 1. The summed E-state index contributed by atoms with van der Waals surface area (Å²) in [5.41, 5.74) is 4.71. The molecule has 2 aromatic carbocycles. The molecule has 1 aliphatic rings. The van der Waals surface area contributed by atoms with Gasteiger partial charge in [-0.1, -0.05) is 60.2 Å². The van der Waals surface area contributed by atoms with E-state index in [1.165, 1.54) is 5.56 Å². The molecule has 0 spiro atoms. The molecule has 0 aliphatic carbocycles. The summed E-state index contributed by atoms with van der Waals surface area (Å²) in [6.07, 6.45) is 4.34. The first-order valence-electron chi connectivity index (χ1n) is 12.2. The number of rotatable bonds is 5. The van der Waals surface area contributed by atoms with Crippen LogP contribution in [-0.4, -0.2) is 64.5 Å². The zero-order chi connectivity index (χ0) is 25.3. The molecule has 186 valence electrons. The lowest BCUT2D eigenvalue weighted by atomic mass is 10.2. The molecule has 8 heteroatoms. The van der Waals surface area contributed by atoms with Gasteiger partial charge < -0.3 is 10.2 Å². The van der Waals surface area contributed by atoms with Gasteiger partial charge in [-0.25, -0.2) is 14.8 Å². The van der Waals surface area contributed by atoms with Gasteiger partial charge in [0.25, 0.3) is 5.95 Å². The van der Waals surface area contributed by atoms with Crippen molar-refractivity contribution in [3.8, 4) is 0 Å². The van der Waals surface area contributed by atoms with Crippen molar-refractivity contribution in [1.29, 1.82) is 0 Å². The van der Waals surface area contributed by atoms with Crippen molar-refractivity contribution < 1.29 is 4.79 Å². The van der Waals surface area contributed by atoms with Crippen molar-refractivity contribution in [2.75, 3.05) is 38.0 Å². The Morgan fingerprint density at radius 2 is 1.61 bits per heavy atom. The Bertz CT molecular complexity index is 1190. The van der Waals surface area contributed by atoms with Crippen molar-refractivity contribution in [1.82, 2.24) is 25.1 Å². The molecule has 1 fully saturated rings. The Labute approximate surface area is 212 Å². The first-order chi connectivity index (χ1) is 17.4. The van der Waals surface area contributed by atoms with Crippen LogP contribution < -0.4 is 10.6 Å². The highest BCUT2D eigenvalue weighted by Crippen LogP contribution is 2.12. The lowest BCUT2D eigenvalue weighted by Crippen LogP contribution is -2.54. The fraction of sp³-hybridized carbons (Fsp3) is 0.286. The van der Waals surface area contributed by atoms with Gasteiger partial charge in [0.05, 0.1) is 0 Å². The molecular weight excluding hydrogens is 450 g/mol. The number of nitrogens with one attached hydrogen (secondary N) is 2. The maximum atomic E-state index is 12.8. The summed E-state index contributed by atoms with van der Waals surface area (Å²) in [4.78, 5) is 30.8. The molecule has 0 radical (unpaired) electrons. The molecule has 1 aromatic heterocycles. The SMILES string of the molecule is Cc1ccc(NC(=O)N/C(=N\c2nc(C)cc(C)n2)N2CCN(C/C=C/c3ccccc3)CC2)cc1. The summed E-state index contributed by atoms with van der Waals surface area (Å²) in [7, 11) is 0. The summed E-state index contributed by atoms with van der Waals surface area (Å²) in [6, 6.07) is 19.5. The normalized spacial score (nSPS) is 14.8. The van der Waals surface area contributed by atoms with E-state index in [0.29, 0.717) is 11.9 Å². The minimum absolute atomic E-state index is 0.339. The first-order valence-corrected chi connectivity index (χ1v) is 12.2. The van der Waals surface area contributed by atoms with Gasteiger partial charge in [0.15, 0.2) is 0 Å². The monoisotopic (exact) mass is 483 g/mol. The highest BCUT2D eigenvalue weighted by Gasteiger charge is 2.21. The van der Waals surface area contributed by atoms with E-state index in [1.54, 1.807) is 0 Å². The topological polar surface area (TPSA) is 85.7 Å². The van der Waals surface area contributed by atoms with Gasteiger partial charge >= 0.3 is 6.03 Å². The van der Waals surface area contributed by atoms with Crippen molar-refractivity contribution in [2.24, 2.45) is 4.99 Å². The van der Waals surface area contributed by atoms with Crippen LogP contribution in [0.4, 0.5) is 16.4 Å². The van der Waals surface area contributed by atoms with Crippen LogP contribution in [0.3, 0.4) is 0 Å². The Balaban J connectivity index is 1.42. The number of amides is 2. The third kappa shape index (κ3) is 7.48. The molecule has 0 bridgehead atoms. The maximum absolute atomic E-state index is 12.8. The second-order valence-corrected chi connectivity index (χ2v) is 8.93. The van der Waals surface area contributed by atoms with Crippen LogP contribution in [0.15, 0.2) is 71.7 Å². The minimum Gasteiger partial charge on any atom is -0.340 e. The average molecular weight is 484 g/mol. The number of carbonyl (C=O) groups is 1. The lowest BCUT2D eigenvalue weighted by Gasteiger charge is -2.35. The van der Waals surface area contributed by atoms with Gasteiger partial charge in [0, 0.05) is 49.8 Å². The van der Waals surface area contributed by atoms with Gasteiger partial charge in [0.2, 0.25) is 5.96 Å². The molecule has 3 aromatic rings. The number of nitrogens with zero attached hydrogens (tertiary/aromatic N) is 5. The summed E-state index contributed by atoms with van der Waals surface area (Å²) >= 11 is 0. The van der Waals surface area contributed by atoms with Gasteiger partial charge in [-0.3, -0.25) is 10.2 Å². The van der Waals surface area contributed by atoms with Crippen molar-refractivity contribution in [2.45, 2.75) is 20.8 Å². The van der Waals surface area contributed by atoms with E-state index in [1.807, 2.05) is 69.3 Å². The predicted molar refractivity (Wildman–Crippen MR) is 145 cm³/mol. The number of aryl methyl sites for hydroxylation is 3. The fourth-order valence-electron chi connectivity index (χ4n) is 3.97. The standard InChI is InChI=1S/C28H33N7O/c1-21-11-13-25(14-12-21)31-28(36)33-27(32-26-29-22(2)20-23(3)30-26)35-18-16-34(17-19-35)15-7-10-24-8-5-4-6-9-24/h4-14,20H,15-19H2,1-3H3,(H2,29,30,31,32,33,36)/b10-7+. The zero-order valence-electron chi connectivity index (χ0n) is 21.1. The number of benzene rings is 2. The van der Waals surface area contributed by atoms with E-state index in [-0.39, 0.29) is 6.03 Å². The molecule has 1 aliphatic heterocycles. The summed E-state index contributed by atoms with van der Waals surface area (Å²) in [5, 5.41) is 5.81. The molecule has 2 heterocycles. The lowest BCUT2D eigenvalue weighted by molar-refractivity contribution is 0.194. The van der Waals surface area contributed by atoms with Crippen LogP contribution >= 0.6 is 0 Å². The second-order valence-electron chi connectivity index (χ2n) is 8.93. The highest BCUT2D eigenvalue weighted by molar-refractivity contribution is 6.03. The number of urea groups is 1. The Morgan fingerprint density at radius 3 is 2.28 bits per heavy atom. The zero-order valence-corrected chi connectivity index (χ0v) is 21.1. The number of aliphatic imine (C=N–C) groups is 1. The Hall–Kier alpha value is -4.04. The van der Waals surface area contributed by atoms with E-state index in [2.05, 4.69) is 59.7 Å². The van der Waals surface area contributed by atoms with Gasteiger partial charge in [0.1, 0.15) is 0 Å². The van der Waals surface area contributed by atoms with Gasteiger partial charge in [-0.05, 0) is 44.5 Å². The van der Waals surface area contributed by atoms with Crippen LogP contribution in [0.25, 0.3) is 6.08 Å². The summed E-state index contributed by atoms with van der Waals surface area (Å²) in [6.45, 7) is 9.87. The van der Waals surface area contributed by atoms with E-state index < -0.39 is 0 Å². The third-order valence-corrected chi connectivity index (χ3v) is 5.86. The smallest absolute Gasteiger partial charge is 0.326 e. The number of guanidine groups is 1. The Kier molecular flexibility index (Phi) is 8.41. The molecule has 1 saturated heterocycles. The molecule has 36 heavy (non-hydrogen) atoms. The third-order valence-electron chi connectivity index (χ3n) is 5.86. The molecule has 8 nitrogen and oxygen atoms in total. The van der Waals surface area contributed by atoms with Crippen LogP contribution in [0.1, 0.15) is 22.5 Å². The fourth-order valence-corrected chi connectivity index (χ4v) is 3.97. The average Bonchev–Trinajstić information content (AvgIpc) is 2.86. The molecule has 2 N–H and O–H groups in total. The second kappa shape index (κ2) is 12.1. The van der Waals surface area contributed by atoms with Crippen molar-refractivity contribution >= 4 is 29.7 Å². The molecule has 0 unspecified atom stereocenters. The molecular formula is C28H33N7O. The largest absolute Gasteiger partial charge is 0.340 e. The summed E-state index contributed by atoms with van der Waals surface area (Å²) in [5.74, 6) is 0.787. The first kappa shape index (κ1) is 25.1. The van der Waals surface area contributed by atoms with Crippen LogP contribution in [0.2, 0.25) is 0 Å². The number of aromatic nitrogens is 2. The van der Waals surface area contributed by atoms with Crippen LogP contribution in [-0.2, 0) is 0 Å². The molecule has 4 rings (SSSR count). The maximum Gasteiger partial charge on any atom is 0.326 e. The quantitative estimate of drug-likeness (QED) is 0.411. The van der Waals surface area contributed by atoms with Crippen molar-refractivity contribution in [3.05, 3.63) is 89.3 Å². The minimum atomic E-state index is -0.352. The molecule has 0 saturated carbocycles. The van der Waals surface area contributed by atoms with Crippen LogP contribution in [0, 0.1) is 20.8 Å². The van der Waals surface area contributed by atoms with Crippen LogP contribution in [0.5, 0.6) is 0 Å². The van der Waals surface area contributed by atoms with Crippen molar-refractivity contribution in [3.63, 3.8) is 0 Å².